The molecule has 1 unspecified atom stereocenters. The van der Waals surface area contributed by atoms with Gasteiger partial charge in [0.25, 0.3) is 0 Å². The van der Waals surface area contributed by atoms with Crippen molar-refractivity contribution in [2.75, 3.05) is 6.61 Å². The van der Waals surface area contributed by atoms with Crippen LogP contribution in [0.3, 0.4) is 0 Å². The molecule has 0 amide bonds. The molecule has 1 heterocycles. The summed E-state index contributed by atoms with van der Waals surface area (Å²) in [5, 5.41) is 7.74. The molecule has 0 aliphatic heterocycles. The molecule has 0 radical (unpaired) electrons. The number of fused-ring (bicyclic) bond motifs is 1. The maximum absolute atomic E-state index is 12.9. The van der Waals surface area contributed by atoms with Gasteiger partial charge in [-0.3, -0.25) is 4.79 Å². The van der Waals surface area contributed by atoms with Crippen molar-refractivity contribution in [1.82, 2.24) is 10.3 Å². The first-order valence-corrected chi connectivity index (χ1v) is 12.0. The van der Waals surface area contributed by atoms with Crippen LogP contribution in [0, 0.1) is 5.92 Å². The van der Waals surface area contributed by atoms with E-state index in [9.17, 15) is 18.0 Å². The van der Waals surface area contributed by atoms with E-state index in [1.165, 1.54) is 12.1 Å². The highest BCUT2D eigenvalue weighted by molar-refractivity contribution is 5.83. The number of halogens is 3. The van der Waals surface area contributed by atoms with Crippen molar-refractivity contribution < 1.29 is 32.1 Å². The largest absolute Gasteiger partial charge is 0.489 e. The van der Waals surface area contributed by atoms with Gasteiger partial charge in [0.05, 0.1) is 18.1 Å². The van der Waals surface area contributed by atoms with Crippen LogP contribution in [-0.2, 0) is 22.3 Å². The Labute approximate surface area is 212 Å². The minimum absolute atomic E-state index is 0.0571. The summed E-state index contributed by atoms with van der Waals surface area (Å²) in [6.45, 7) is 6.15. The first kappa shape index (κ1) is 26.2. The quantitative estimate of drug-likeness (QED) is 0.221. The predicted octanol–water partition coefficient (Wildman–Crippen LogP) is 7.18. The van der Waals surface area contributed by atoms with E-state index in [1.54, 1.807) is 19.1 Å². The van der Waals surface area contributed by atoms with Crippen molar-refractivity contribution in [1.29, 1.82) is 0 Å². The number of benzene rings is 3. The van der Waals surface area contributed by atoms with Crippen LogP contribution < -0.4 is 4.74 Å². The van der Waals surface area contributed by atoms with Gasteiger partial charge in [-0.15, -0.1) is 0 Å². The van der Waals surface area contributed by atoms with Gasteiger partial charge in [0.1, 0.15) is 23.4 Å². The molecule has 0 saturated heterocycles. The molecule has 0 spiro atoms. The molecule has 6 nitrogen and oxygen atoms in total. The normalized spacial score (nSPS) is 12.6. The number of carbonyl (C=O) groups excluding carboxylic acids is 1. The number of hydrogen-bond acceptors (Lipinski definition) is 6. The fourth-order valence-electron chi connectivity index (χ4n) is 4.07. The second kappa shape index (κ2) is 11.0. The molecule has 0 aliphatic rings. The third-order valence-corrected chi connectivity index (χ3v) is 5.88. The van der Waals surface area contributed by atoms with Gasteiger partial charge in [-0.2, -0.15) is 13.2 Å². The molecular formula is C28H27F3N2O4. The van der Waals surface area contributed by atoms with Gasteiger partial charge in [0.15, 0.2) is 0 Å². The van der Waals surface area contributed by atoms with Gasteiger partial charge < -0.3 is 9.47 Å². The molecule has 1 aromatic heterocycles. The summed E-state index contributed by atoms with van der Waals surface area (Å²) >= 11 is 0. The Kier molecular flexibility index (Phi) is 7.80. The van der Waals surface area contributed by atoms with Gasteiger partial charge in [-0.1, -0.05) is 38.1 Å². The lowest BCUT2D eigenvalue weighted by molar-refractivity contribution is -0.145. The van der Waals surface area contributed by atoms with Crippen molar-refractivity contribution in [3.8, 4) is 16.9 Å². The Hall–Kier alpha value is -3.88. The van der Waals surface area contributed by atoms with E-state index in [2.05, 4.69) is 10.3 Å². The second-order valence-electron chi connectivity index (χ2n) is 9.18. The Bertz CT molecular complexity index is 1360. The van der Waals surface area contributed by atoms with E-state index in [1.807, 2.05) is 38.1 Å². The van der Waals surface area contributed by atoms with E-state index in [4.69, 9.17) is 14.1 Å². The van der Waals surface area contributed by atoms with Crippen LogP contribution >= 0.6 is 0 Å². The molecule has 37 heavy (non-hydrogen) atoms. The van der Waals surface area contributed by atoms with Crippen molar-refractivity contribution in [2.45, 2.75) is 45.9 Å². The number of hydrogen-bond donors (Lipinski definition) is 0. The minimum Gasteiger partial charge on any atom is -0.489 e. The molecule has 0 N–H and O–H groups in total. The number of rotatable bonds is 9. The number of alkyl halides is 3. The van der Waals surface area contributed by atoms with E-state index >= 15 is 0 Å². The van der Waals surface area contributed by atoms with E-state index in [-0.39, 0.29) is 25.1 Å². The lowest BCUT2D eigenvalue weighted by Crippen LogP contribution is -2.18. The van der Waals surface area contributed by atoms with Crippen LogP contribution in [0.5, 0.6) is 5.75 Å². The van der Waals surface area contributed by atoms with Crippen molar-refractivity contribution in [3.63, 3.8) is 0 Å². The number of carbonyl (C=O) groups is 1. The summed E-state index contributed by atoms with van der Waals surface area (Å²) < 4.78 is 54.9. The van der Waals surface area contributed by atoms with E-state index < -0.39 is 17.7 Å². The van der Waals surface area contributed by atoms with Crippen molar-refractivity contribution in [2.24, 2.45) is 5.92 Å². The molecule has 3 aromatic carbocycles. The van der Waals surface area contributed by atoms with E-state index in [0.29, 0.717) is 28.8 Å². The van der Waals surface area contributed by atoms with Crippen LogP contribution in [0.25, 0.3) is 22.2 Å². The molecule has 0 aliphatic carbocycles. The van der Waals surface area contributed by atoms with Crippen LogP contribution in [0.2, 0.25) is 0 Å². The Balaban J connectivity index is 1.70. The third kappa shape index (κ3) is 6.47. The van der Waals surface area contributed by atoms with Crippen LogP contribution in [0.1, 0.15) is 49.8 Å². The number of nitrogens with zero attached hydrogens (tertiary/aromatic N) is 2. The summed E-state index contributed by atoms with van der Waals surface area (Å²) in [4.78, 5) is 12.9. The van der Waals surface area contributed by atoms with Crippen LogP contribution in [0.4, 0.5) is 13.2 Å². The zero-order valence-corrected chi connectivity index (χ0v) is 20.7. The molecule has 0 saturated carbocycles. The Morgan fingerprint density at radius 1 is 0.946 bits per heavy atom. The lowest BCUT2D eigenvalue weighted by Gasteiger charge is -2.20. The molecular weight excluding hydrogens is 485 g/mol. The predicted molar refractivity (Wildman–Crippen MR) is 132 cm³/mol. The molecule has 194 valence electrons. The zero-order valence-electron chi connectivity index (χ0n) is 20.7. The number of ether oxygens (including phenoxy) is 2. The highest BCUT2D eigenvalue weighted by atomic mass is 19.4. The van der Waals surface area contributed by atoms with Gasteiger partial charge >= 0.3 is 12.1 Å². The maximum atomic E-state index is 12.9. The lowest BCUT2D eigenvalue weighted by atomic mass is 9.88. The molecule has 4 rings (SSSR count). The summed E-state index contributed by atoms with van der Waals surface area (Å²) in [6, 6.07) is 15.8. The van der Waals surface area contributed by atoms with Gasteiger partial charge in [0.2, 0.25) is 0 Å². The summed E-state index contributed by atoms with van der Waals surface area (Å²) in [7, 11) is 0. The van der Waals surface area contributed by atoms with Gasteiger partial charge in [0, 0.05) is 0 Å². The standard InChI is InChI=1S/C28H27F3N2O4/c1-4-35-27(34)24(11-17(2)3)21-12-20(19-7-10-25-26(15-19)33-37-32-25)13-23(14-21)36-16-18-5-8-22(9-6-18)28(29,30)31/h5-10,12-15,17,24H,4,11,16H2,1-3H3. The fraction of sp³-hybridized carbons (Fsp3) is 0.321. The Morgan fingerprint density at radius 2 is 1.68 bits per heavy atom. The summed E-state index contributed by atoms with van der Waals surface area (Å²) in [5.74, 6) is -0.125. The highest BCUT2D eigenvalue weighted by Gasteiger charge is 2.30. The first-order valence-electron chi connectivity index (χ1n) is 12.0. The highest BCUT2D eigenvalue weighted by Crippen LogP contribution is 2.35. The second-order valence-corrected chi connectivity index (χ2v) is 9.18. The molecule has 0 bridgehead atoms. The maximum Gasteiger partial charge on any atom is 0.416 e. The molecule has 1 atom stereocenters. The minimum atomic E-state index is -4.40. The van der Waals surface area contributed by atoms with Gasteiger partial charge in [-0.25, -0.2) is 4.63 Å². The zero-order chi connectivity index (χ0) is 26.6. The van der Waals surface area contributed by atoms with Crippen molar-refractivity contribution in [3.05, 3.63) is 77.4 Å². The topological polar surface area (TPSA) is 74.5 Å². The SMILES string of the molecule is CCOC(=O)C(CC(C)C)c1cc(OCc2ccc(C(F)(F)F)cc2)cc(-c2ccc3nonc3c2)c1. The van der Waals surface area contributed by atoms with Gasteiger partial charge in [-0.05, 0) is 88.2 Å². The summed E-state index contributed by atoms with van der Waals surface area (Å²) in [5.41, 5.74) is 3.38. The Morgan fingerprint density at radius 3 is 2.35 bits per heavy atom. The summed E-state index contributed by atoms with van der Waals surface area (Å²) in [6.07, 6.45) is -3.82. The third-order valence-electron chi connectivity index (χ3n) is 5.88. The first-order chi connectivity index (χ1) is 17.6. The van der Waals surface area contributed by atoms with Crippen molar-refractivity contribution >= 4 is 17.0 Å². The number of aromatic nitrogens is 2. The average Bonchev–Trinajstić information content (AvgIpc) is 3.33. The molecule has 0 fully saturated rings. The van der Waals surface area contributed by atoms with E-state index in [0.717, 1.165) is 28.8 Å². The molecule has 4 aromatic rings. The average molecular weight is 513 g/mol. The molecule has 9 heteroatoms. The van der Waals surface area contributed by atoms with Crippen LogP contribution in [-0.4, -0.2) is 22.9 Å². The monoisotopic (exact) mass is 512 g/mol. The van der Waals surface area contributed by atoms with Crippen LogP contribution in [0.15, 0.2) is 65.3 Å². The number of esters is 1. The fourth-order valence-corrected chi connectivity index (χ4v) is 4.07. The smallest absolute Gasteiger partial charge is 0.416 e.